The number of benzene rings is 2. The average molecular weight is 1370 g/mol. The molecule has 95 heavy (non-hydrogen) atoms. The van der Waals surface area contributed by atoms with Crippen molar-refractivity contribution in [2.75, 3.05) is 68.5 Å². The number of ether oxygens (including phenoxy) is 1. The van der Waals surface area contributed by atoms with Crippen LogP contribution in [0.5, 0.6) is 5.75 Å². The summed E-state index contributed by atoms with van der Waals surface area (Å²) < 4.78 is 84.9. The lowest BCUT2D eigenvalue weighted by molar-refractivity contribution is -0.274. The van der Waals surface area contributed by atoms with Crippen LogP contribution in [-0.2, 0) is 71.8 Å². The number of halogens is 7. The second-order valence-electron chi connectivity index (χ2n) is 26.2. The van der Waals surface area contributed by atoms with Crippen molar-refractivity contribution in [3.63, 3.8) is 0 Å². The molecule has 0 bridgehead atoms. The smallest absolute Gasteiger partial charge is 0.406 e. The molecule has 8 atom stereocenters. The van der Waals surface area contributed by atoms with Crippen LogP contribution in [0.3, 0.4) is 0 Å². The van der Waals surface area contributed by atoms with Gasteiger partial charge in [0.2, 0.25) is 65.0 Å². The van der Waals surface area contributed by atoms with Crippen molar-refractivity contribution >= 4 is 76.6 Å². The Morgan fingerprint density at radius 2 is 1.24 bits per heavy atom. The Morgan fingerprint density at radius 1 is 0.653 bits per heavy atom. The van der Waals surface area contributed by atoms with Crippen LogP contribution < -0.4 is 26.0 Å². The molecule has 2 saturated heterocycles. The topological polar surface area (TPSA) is 268 Å². The Morgan fingerprint density at radius 3 is 1.81 bits per heavy atom. The van der Waals surface area contributed by atoms with Gasteiger partial charge in [-0.05, 0) is 105 Å². The van der Waals surface area contributed by atoms with Gasteiger partial charge in [-0.15, -0.1) is 13.2 Å². The minimum Gasteiger partial charge on any atom is -0.406 e. The molecule has 4 N–H and O–H groups in total. The third-order valence-electron chi connectivity index (χ3n) is 17.9. The van der Waals surface area contributed by atoms with Crippen molar-refractivity contribution in [2.45, 2.75) is 186 Å². The zero-order valence-corrected chi connectivity index (χ0v) is 57.1. The number of carbonyl (C=O) groups is 11. The van der Waals surface area contributed by atoms with Crippen molar-refractivity contribution in [3.05, 3.63) is 64.2 Å². The third-order valence-corrected chi connectivity index (χ3v) is 18.3. The van der Waals surface area contributed by atoms with Crippen LogP contribution in [0.1, 0.15) is 129 Å². The highest BCUT2D eigenvalue weighted by molar-refractivity contribution is 6.31. The van der Waals surface area contributed by atoms with Gasteiger partial charge in [-0.25, -0.2) is 0 Å². The summed E-state index contributed by atoms with van der Waals surface area (Å²) >= 11 is 6.08. The Bertz CT molecular complexity index is 3110. The Kier molecular flexibility index (Phi) is 27.3. The first kappa shape index (κ1) is 78.0. The summed E-state index contributed by atoms with van der Waals surface area (Å²) in [6, 6.07) is -1.26. The summed E-state index contributed by atoms with van der Waals surface area (Å²) in [5.41, 5.74) is -2.24. The van der Waals surface area contributed by atoms with E-state index in [2.05, 4.69) is 26.0 Å². The number of nitrogens with zero attached hydrogens (tertiary/aromatic N) is 7. The van der Waals surface area contributed by atoms with Crippen LogP contribution in [0.4, 0.5) is 26.3 Å². The van der Waals surface area contributed by atoms with E-state index in [1.807, 2.05) is 13.8 Å². The average Bonchev–Trinajstić information content (AvgIpc) is 1.73. The molecule has 2 aliphatic heterocycles. The number of nitrogens with one attached hydrogen (secondary N) is 4. The summed E-state index contributed by atoms with van der Waals surface area (Å²) in [6.07, 6.45) is -8.76. The van der Waals surface area contributed by atoms with Crippen molar-refractivity contribution in [1.82, 2.24) is 55.6 Å². The highest BCUT2D eigenvalue weighted by atomic mass is 35.5. The SMILES string of the molecule is CC[C@H](C)[C@@H]1NC(=O)[C@H](CC(C)C)N(C)C(=O)C[C@@H](C)NC(=O)[C@H](C(C)C)N(C)C(=O)C2(CCCC2)NC(=O)[C@@H]2CCCN2C(=O)[C@H](CCc2ccc(C(F)(F)F)c(Cl)c2)NC(=O)CN(C)C(=O)[C@H](Cc2ccc(OC(F)(F)F)cc2)N(C)C(=O)CN(C)C(=O)CN(C)C1=O. The van der Waals surface area contributed by atoms with Gasteiger partial charge < -0.3 is 60.3 Å². The lowest BCUT2D eigenvalue weighted by atomic mass is 9.92. The van der Waals surface area contributed by atoms with Gasteiger partial charge in [0.05, 0.1) is 30.2 Å². The second-order valence-corrected chi connectivity index (χ2v) is 26.6. The van der Waals surface area contributed by atoms with Gasteiger partial charge in [-0.1, -0.05) is 90.6 Å². The fourth-order valence-electron chi connectivity index (χ4n) is 12.3. The van der Waals surface area contributed by atoms with E-state index >= 15 is 0 Å². The maximum absolute atomic E-state index is 15.0. The molecule has 1 saturated carbocycles. The van der Waals surface area contributed by atoms with E-state index in [-0.39, 0.29) is 81.4 Å². The van der Waals surface area contributed by atoms with Crippen LogP contribution in [0.2, 0.25) is 5.02 Å². The molecule has 1 aliphatic carbocycles. The molecule has 1 spiro atoms. The monoisotopic (exact) mass is 1370 g/mol. The standard InChI is InChI=1S/C65H92ClF6N11O12/c1-14-39(6)54-61(93)79(10)35-52(86)77(8)36-53(87)81(12)49(33-42-19-23-43(24-20-42)95-65(70,71)72)60(92)78(9)34-50(84)74-46(26-22-41-21-25-44(45(66)32-41)64(67,68)69)59(91)83-29-17-18-47(83)57(89)76-63(27-15-16-28-63)62(94)82(13)55(38(4)5)58(90)73-40(7)31-51(85)80(11)48(30-37(2)3)56(88)75-54/h19-21,23-25,32,37-40,46-49,54-55H,14-18,22,26-31,33-36H2,1-13H3,(H,73,90)(H,74,84)(H,75,88)(H,76,89)/t39-,40+,46-,47-,48-,49-,54-,55-/m0/s1. The number of aryl methyl sites for hydroxylation is 1. The lowest BCUT2D eigenvalue weighted by Crippen LogP contribution is -2.64. The molecule has 528 valence electrons. The van der Waals surface area contributed by atoms with Crippen LogP contribution in [0.15, 0.2) is 42.5 Å². The minimum atomic E-state index is -5.05. The van der Waals surface area contributed by atoms with Gasteiger partial charge in [0, 0.05) is 67.7 Å². The van der Waals surface area contributed by atoms with Gasteiger partial charge >= 0.3 is 12.5 Å². The number of amides is 11. The molecular formula is C65H92ClF6N11O12. The maximum atomic E-state index is 15.0. The zero-order valence-electron chi connectivity index (χ0n) is 56.3. The van der Waals surface area contributed by atoms with Crippen LogP contribution >= 0.6 is 11.6 Å². The maximum Gasteiger partial charge on any atom is 0.573 e. The molecule has 2 aromatic rings. The van der Waals surface area contributed by atoms with E-state index < -0.39 is 173 Å². The first-order chi connectivity index (χ1) is 44.2. The summed E-state index contributed by atoms with van der Waals surface area (Å²) in [6.45, 7) is 10.1. The molecule has 2 aromatic carbocycles. The van der Waals surface area contributed by atoms with E-state index in [0.717, 1.165) is 49.9 Å². The van der Waals surface area contributed by atoms with Crippen LogP contribution in [-0.4, -0.2) is 222 Å². The van der Waals surface area contributed by atoms with Gasteiger partial charge in [0.1, 0.15) is 47.5 Å². The molecule has 2 heterocycles. The summed E-state index contributed by atoms with van der Waals surface area (Å²) in [4.78, 5) is 167. The number of hydrogen-bond acceptors (Lipinski definition) is 12. The highest BCUT2D eigenvalue weighted by Gasteiger charge is 2.50. The zero-order chi connectivity index (χ0) is 71.4. The summed E-state index contributed by atoms with van der Waals surface area (Å²) in [7, 11) is 7.85. The van der Waals surface area contributed by atoms with E-state index in [9.17, 15) is 79.1 Å². The van der Waals surface area contributed by atoms with Crippen molar-refractivity contribution in [2.24, 2.45) is 17.8 Å². The summed E-state index contributed by atoms with van der Waals surface area (Å²) in [5, 5.41) is 10.6. The molecule has 0 unspecified atom stereocenters. The fourth-order valence-corrected chi connectivity index (χ4v) is 12.6. The molecule has 11 amide bonds. The molecular weight excluding hydrogens is 1280 g/mol. The number of carbonyl (C=O) groups excluding carboxylic acids is 11. The lowest BCUT2D eigenvalue weighted by Gasteiger charge is -2.39. The van der Waals surface area contributed by atoms with Crippen molar-refractivity contribution in [3.8, 4) is 5.75 Å². The molecule has 3 fully saturated rings. The third kappa shape index (κ3) is 20.9. The second kappa shape index (κ2) is 33.3. The fraction of sp³-hybridized carbons (Fsp3) is 0.646. The van der Waals surface area contributed by atoms with E-state index in [0.29, 0.717) is 19.3 Å². The molecule has 30 heteroatoms. The first-order valence-electron chi connectivity index (χ1n) is 32.0. The van der Waals surface area contributed by atoms with Gasteiger partial charge in [0.25, 0.3) is 0 Å². The molecule has 23 nitrogen and oxygen atoms in total. The van der Waals surface area contributed by atoms with E-state index in [1.165, 1.54) is 69.1 Å². The normalized spacial score (nSPS) is 24.5. The molecule has 5 rings (SSSR count). The van der Waals surface area contributed by atoms with Crippen molar-refractivity contribution in [1.29, 1.82) is 0 Å². The van der Waals surface area contributed by atoms with E-state index in [1.54, 1.807) is 34.6 Å². The van der Waals surface area contributed by atoms with E-state index in [4.69, 9.17) is 11.6 Å². The Balaban J connectivity index is 1.58. The van der Waals surface area contributed by atoms with Crippen LogP contribution in [0, 0.1) is 17.8 Å². The minimum absolute atomic E-state index is 0.0219. The Labute approximate surface area is 556 Å². The highest BCUT2D eigenvalue weighted by Crippen LogP contribution is 2.37. The first-order valence-corrected chi connectivity index (χ1v) is 32.3. The van der Waals surface area contributed by atoms with Crippen molar-refractivity contribution < 1.29 is 83.8 Å². The predicted molar refractivity (Wildman–Crippen MR) is 338 cm³/mol. The van der Waals surface area contributed by atoms with Gasteiger partial charge in [-0.2, -0.15) is 13.2 Å². The molecule has 3 aliphatic rings. The summed E-state index contributed by atoms with van der Waals surface area (Å²) in [5.74, 6) is -9.91. The number of fused-ring (bicyclic) bond motifs is 1. The van der Waals surface area contributed by atoms with Gasteiger partial charge in [-0.3, -0.25) is 52.7 Å². The van der Waals surface area contributed by atoms with Crippen LogP contribution in [0.25, 0.3) is 0 Å². The van der Waals surface area contributed by atoms with Gasteiger partial charge in [0.15, 0.2) is 0 Å². The Hall–Kier alpha value is -7.72. The largest absolute Gasteiger partial charge is 0.573 e. The number of alkyl halides is 6. The molecule has 0 radical (unpaired) electrons. The predicted octanol–water partition coefficient (Wildman–Crippen LogP) is 5.34. The quantitative estimate of drug-likeness (QED) is 0.208. The number of rotatable bonds is 11. The molecule has 0 aromatic heterocycles. The number of hydrogen-bond donors (Lipinski definition) is 4. The number of likely N-dealkylation sites (N-methyl/N-ethyl adjacent to an activating group) is 6.